The molecule has 3 atom stereocenters. The minimum absolute atomic E-state index is 0.174. The molecule has 2 amide bonds. The monoisotopic (exact) mass is 577 g/mol. The average molecular weight is 578 g/mol. The highest BCUT2D eigenvalue weighted by atomic mass is 16.7. The van der Waals surface area contributed by atoms with Gasteiger partial charge in [-0.2, -0.15) is 0 Å². The Hall–Kier alpha value is -4.84. The Bertz CT molecular complexity index is 1490. The lowest BCUT2D eigenvalue weighted by Gasteiger charge is -2.30. The summed E-state index contributed by atoms with van der Waals surface area (Å²) in [5.74, 6) is -0.466. The van der Waals surface area contributed by atoms with Crippen molar-refractivity contribution in [2.24, 2.45) is 5.92 Å². The molecule has 12 heteroatoms. The molecule has 0 aromatic heterocycles. The fraction of sp³-hybridized carbons (Fsp3) is 0.333. The zero-order chi connectivity index (χ0) is 30.0. The molecule has 5 rings (SSSR count). The maximum atomic E-state index is 14.1. The first-order valence-corrected chi connectivity index (χ1v) is 13.4. The number of nitro benzene ring substituents is 1. The van der Waals surface area contributed by atoms with Crippen LogP contribution in [0.3, 0.4) is 0 Å². The first-order chi connectivity index (χ1) is 20.3. The van der Waals surface area contributed by atoms with Crippen LogP contribution < -0.4 is 28.9 Å². The van der Waals surface area contributed by atoms with Gasteiger partial charge in [-0.25, -0.2) is 9.96 Å². The highest BCUT2D eigenvalue weighted by Crippen LogP contribution is 2.53. The lowest BCUT2D eigenvalue weighted by atomic mass is 9.89. The lowest BCUT2D eigenvalue weighted by molar-refractivity contribution is -0.384. The molecule has 2 aliphatic heterocycles. The third kappa shape index (κ3) is 4.94. The van der Waals surface area contributed by atoms with Crippen LogP contribution >= 0.6 is 0 Å². The van der Waals surface area contributed by atoms with Gasteiger partial charge in [0, 0.05) is 17.7 Å². The smallest absolute Gasteiger partial charge is 0.271 e. The highest BCUT2D eigenvalue weighted by molar-refractivity contribution is 6.24. The molecule has 0 saturated carbocycles. The van der Waals surface area contributed by atoms with E-state index in [1.54, 1.807) is 42.5 Å². The van der Waals surface area contributed by atoms with Crippen molar-refractivity contribution in [1.82, 2.24) is 0 Å². The van der Waals surface area contributed by atoms with E-state index >= 15 is 0 Å². The maximum Gasteiger partial charge on any atom is 0.271 e. The zero-order valence-corrected chi connectivity index (χ0v) is 23.6. The molecule has 12 nitrogen and oxygen atoms in total. The van der Waals surface area contributed by atoms with E-state index < -0.39 is 34.8 Å². The Balaban J connectivity index is 1.58. The molecule has 2 aliphatic rings. The molecule has 220 valence electrons. The van der Waals surface area contributed by atoms with Gasteiger partial charge in [0.25, 0.3) is 11.6 Å². The Morgan fingerprint density at radius 2 is 1.64 bits per heavy atom. The minimum atomic E-state index is -1.19. The number of anilines is 2. The normalized spacial score (nSPS) is 19.6. The Morgan fingerprint density at radius 3 is 2.29 bits per heavy atom. The van der Waals surface area contributed by atoms with E-state index in [0.29, 0.717) is 35.0 Å². The number of carbonyl (C=O) groups is 2. The molecular weight excluding hydrogens is 546 g/mol. The van der Waals surface area contributed by atoms with Crippen molar-refractivity contribution in [3.05, 3.63) is 76.3 Å². The van der Waals surface area contributed by atoms with Crippen LogP contribution in [0, 0.1) is 16.0 Å². The molecule has 3 aromatic rings. The van der Waals surface area contributed by atoms with Crippen LogP contribution in [0.15, 0.2) is 60.7 Å². The van der Waals surface area contributed by atoms with Crippen molar-refractivity contribution in [3.8, 4) is 23.0 Å². The summed E-state index contributed by atoms with van der Waals surface area (Å²) in [6.07, 6.45) is 0.713. The Kier molecular flexibility index (Phi) is 8.16. The van der Waals surface area contributed by atoms with Gasteiger partial charge in [-0.15, -0.1) is 0 Å². The number of rotatable bonds is 11. The summed E-state index contributed by atoms with van der Waals surface area (Å²) < 4.78 is 22.4. The number of fused-ring (bicyclic) bond motifs is 1. The summed E-state index contributed by atoms with van der Waals surface area (Å²) in [4.78, 5) is 46.1. The molecule has 2 fully saturated rings. The number of hydrogen-bond acceptors (Lipinski definition) is 10. The molecule has 2 heterocycles. The van der Waals surface area contributed by atoms with Gasteiger partial charge in [0.1, 0.15) is 17.7 Å². The number of benzene rings is 3. The van der Waals surface area contributed by atoms with E-state index in [1.165, 1.54) is 44.6 Å². The van der Waals surface area contributed by atoms with Gasteiger partial charge in [0.2, 0.25) is 11.7 Å². The number of nitrogens with zero attached hydrogens (tertiary/aromatic N) is 3. The van der Waals surface area contributed by atoms with Gasteiger partial charge in [-0.1, -0.05) is 19.4 Å². The van der Waals surface area contributed by atoms with Gasteiger partial charge >= 0.3 is 0 Å². The summed E-state index contributed by atoms with van der Waals surface area (Å²) in [5, 5.41) is 12.9. The third-order valence-electron chi connectivity index (χ3n) is 7.33. The predicted molar refractivity (Wildman–Crippen MR) is 152 cm³/mol. The summed E-state index contributed by atoms with van der Waals surface area (Å²) in [6, 6.07) is 15.0. The Morgan fingerprint density at radius 1 is 0.905 bits per heavy atom. The number of carbonyl (C=O) groups excluding carboxylic acids is 2. The van der Waals surface area contributed by atoms with E-state index in [9.17, 15) is 19.7 Å². The van der Waals surface area contributed by atoms with Crippen LogP contribution in [0.25, 0.3) is 0 Å². The largest absolute Gasteiger partial charge is 0.494 e. The average Bonchev–Trinajstić information content (AvgIpc) is 3.52. The number of imide groups is 1. The molecule has 3 aromatic carbocycles. The Labute approximate surface area is 242 Å². The van der Waals surface area contributed by atoms with E-state index in [2.05, 4.69) is 6.92 Å². The molecule has 2 saturated heterocycles. The molecule has 0 unspecified atom stereocenters. The standard InChI is InChI=1S/C30H31N3O9/c1-5-6-16-41-21-12-10-18(11-13-21)31-29(34)24-25(22-14-15-23(38-2)27(40-4)26(22)39-3)32(42-28(24)30(31)35)19-8-7-9-20(17-19)33(36)37/h7-15,17,24-25,28H,5-6,16H2,1-4H3/t24-,25-,28+/m1/s1. The van der Waals surface area contributed by atoms with Crippen LogP contribution in [-0.2, 0) is 14.4 Å². The van der Waals surface area contributed by atoms with E-state index in [-0.39, 0.29) is 17.2 Å². The number of ether oxygens (including phenoxy) is 4. The molecular formula is C30H31N3O9. The van der Waals surface area contributed by atoms with Crippen molar-refractivity contribution >= 4 is 28.9 Å². The summed E-state index contributed by atoms with van der Waals surface area (Å²) >= 11 is 0. The number of non-ortho nitro benzene ring substituents is 1. The quantitative estimate of drug-likeness (QED) is 0.135. The first kappa shape index (κ1) is 28.7. The fourth-order valence-corrected chi connectivity index (χ4v) is 5.34. The number of methoxy groups -OCH3 is 3. The summed E-state index contributed by atoms with van der Waals surface area (Å²) in [5.41, 5.74) is 0.968. The molecule has 0 bridgehead atoms. The fourth-order valence-electron chi connectivity index (χ4n) is 5.34. The number of nitro groups is 1. The van der Waals surface area contributed by atoms with Gasteiger partial charge in [0.15, 0.2) is 17.6 Å². The minimum Gasteiger partial charge on any atom is -0.494 e. The van der Waals surface area contributed by atoms with E-state index in [0.717, 1.165) is 17.7 Å². The SMILES string of the molecule is CCCCOc1ccc(N2C(=O)[C@H]3[C@H](ON(c4cccc([N+](=O)[O-])c4)[C@@H]3c3ccc(OC)c(OC)c3OC)C2=O)cc1. The van der Waals surface area contributed by atoms with Crippen molar-refractivity contribution in [2.45, 2.75) is 31.9 Å². The van der Waals surface area contributed by atoms with Crippen molar-refractivity contribution in [2.75, 3.05) is 37.9 Å². The molecule has 0 aliphatic carbocycles. The predicted octanol–water partition coefficient (Wildman–Crippen LogP) is 4.85. The molecule has 0 N–H and O–H groups in total. The second-order valence-electron chi connectivity index (χ2n) is 9.73. The van der Waals surface area contributed by atoms with Crippen molar-refractivity contribution in [1.29, 1.82) is 0 Å². The van der Waals surface area contributed by atoms with Crippen LogP contribution in [-0.4, -0.2) is 50.8 Å². The molecule has 0 spiro atoms. The van der Waals surface area contributed by atoms with Gasteiger partial charge in [0.05, 0.1) is 44.2 Å². The second-order valence-corrected chi connectivity index (χ2v) is 9.73. The van der Waals surface area contributed by atoms with Crippen LogP contribution in [0.1, 0.15) is 31.4 Å². The van der Waals surface area contributed by atoms with Crippen LogP contribution in [0.4, 0.5) is 17.1 Å². The molecule has 42 heavy (non-hydrogen) atoms. The second kappa shape index (κ2) is 12.0. The zero-order valence-electron chi connectivity index (χ0n) is 23.6. The number of unbranched alkanes of at least 4 members (excludes halogenated alkanes) is 1. The first-order valence-electron chi connectivity index (χ1n) is 13.4. The molecule has 0 radical (unpaired) electrons. The number of hydrogen-bond donors (Lipinski definition) is 0. The van der Waals surface area contributed by atoms with Gasteiger partial charge in [-0.05, 0) is 48.9 Å². The number of amides is 2. The summed E-state index contributed by atoms with van der Waals surface area (Å²) in [7, 11) is 4.39. The van der Waals surface area contributed by atoms with E-state index in [4.69, 9.17) is 23.8 Å². The van der Waals surface area contributed by atoms with E-state index in [1.807, 2.05) is 0 Å². The van der Waals surface area contributed by atoms with Crippen LogP contribution in [0.2, 0.25) is 0 Å². The maximum absolute atomic E-state index is 14.1. The third-order valence-corrected chi connectivity index (χ3v) is 7.33. The highest BCUT2D eigenvalue weighted by Gasteiger charge is 2.61. The summed E-state index contributed by atoms with van der Waals surface area (Å²) in [6.45, 7) is 2.64. The van der Waals surface area contributed by atoms with Crippen LogP contribution in [0.5, 0.6) is 23.0 Å². The van der Waals surface area contributed by atoms with Gasteiger partial charge < -0.3 is 18.9 Å². The van der Waals surface area contributed by atoms with Crippen molar-refractivity contribution in [3.63, 3.8) is 0 Å². The van der Waals surface area contributed by atoms with Gasteiger partial charge in [-0.3, -0.25) is 24.5 Å². The van der Waals surface area contributed by atoms with Crippen molar-refractivity contribution < 1.29 is 38.3 Å². The number of hydroxylamine groups is 1. The lowest BCUT2D eigenvalue weighted by Crippen LogP contribution is -2.37. The topological polar surface area (TPSA) is 130 Å².